The van der Waals surface area contributed by atoms with Crippen molar-refractivity contribution in [2.75, 3.05) is 27.2 Å². The Morgan fingerprint density at radius 1 is 1.27 bits per heavy atom. The molecule has 22 heavy (non-hydrogen) atoms. The van der Waals surface area contributed by atoms with Gasteiger partial charge in [0.1, 0.15) is 0 Å². The van der Waals surface area contributed by atoms with E-state index in [4.69, 9.17) is 5.73 Å². The molecule has 1 aromatic rings. The topological polar surface area (TPSA) is 66.6 Å². The molecule has 0 saturated carbocycles. The summed E-state index contributed by atoms with van der Waals surface area (Å²) in [6.45, 7) is 4.83. The number of nitrogens with two attached hydrogens (primary N) is 1. The molecule has 2 N–H and O–H groups in total. The zero-order valence-electron chi connectivity index (χ0n) is 13.4. The third-order valence-corrected chi connectivity index (χ3v) is 6.04. The number of nitrogens with zero attached hydrogens (tertiary/aromatic N) is 2. The molecular formula is C15H26ClN3O2S. The van der Waals surface area contributed by atoms with E-state index in [1.807, 2.05) is 12.1 Å². The summed E-state index contributed by atoms with van der Waals surface area (Å²) in [6, 6.07) is 7.71. The number of hydrogen-bond donors (Lipinski definition) is 1. The molecule has 1 saturated heterocycles. The van der Waals surface area contributed by atoms with E-state index in [9.17, 15) is 8.42 Å². The van der Waals surface area contributed by atoms with E-state index in [0.29, 0.717) is 16.9 Å². The van der Waals surface area contributed by atoms with E-state index in [1.165, 1.54) is 4.31 Å². The number of halogens is 1. The standard InChI is InChI=1S/C15H25N3O2S.ClH/c1-12-8-14(9-16)11-18(12)10-13-4-6-15(7-5-13)21(19,20)17(2)3;/h4-7,12,14H,8-11,16H2,1-3H3;1H. The Labute approximate surface area is 139 Å². The van der Waals surface area contributed by atoms with E-state index >= 15 is 0 Å². The molecule has 1 fully saturated rings. The molecule has 126 valence electrons. The maximum absolute atomic E-state index is 12.0. The molecule has 0 aliphatic carbocycles. The van der Waals surface area contributed by atoms with Gasteiger partial charge in [0.05, 0.1) is 4.90 Å². The second-order valence-electron chi connectivity index (χ2n) is 6.05. The van der Waals surface area contributed by atoms with E-state index < -0.39 is 10.0 Å². The minimum Gasteiger partial charge on any atom is -0.330 e. The van der Waals surface area contributed by atoms with Gasteiger partial charge in [-0.25, -0.2) is 12.7 Å². The summed E-state index contributed by atoms with van der Waals surface area (Å²) < 4.78 is 25.3. The first-order valence-electron chi connectivity index (χ1n) is 7.30. The smallest absolute Gasteiger partial charge is 0.242 e. The Kier molecular flexibility index (Phi) is 6.83. The van der Waals surface area contributed by atoms with Crippen molar-refractivity contribution >= 4 is 22.4 Å². The van der Waals surface area contributed by atoms with E-state index in [0.717, 1.165) is 31.6 Å². The van der Waals surface area contributed by atoms with E-state index in [2.05, 4.69) is 11.8 Å². The van der Waals surface area contributed by atoms with Gasteiger partial charge in [-0.2, -0.15) is 0 Å². The van der Waals surface area contributed by atoms with Crippen molar-refractivity contribution in [3.8, 4) is 0 Å². The summed E-state index contributed by atoms with van der Waals surface area (Å²) in [5.41, 5.74) is 6.89. The average molecular weight is 348 g/mol. The highest BCUT2D eigenvalue weighted by atomic mass is 35.5. The van der Waals surface area contributed by atoms with E-state index in [1.54, 1.807) is 26.2 Å². The summed E-state index contributed by atoms with van der Waals surface area (Å²) in [5.74, 6) is 0.577. The molecule has 0 aromatic heterocycles. The molecule has 0 bridgehead atoms. The summed E-state index contributed by atoms with van der Waals surface area (Å²) in [6.07, 6.45) is 1.14. The monoisotopic (exact) mass is 347 g/mol. The van der Waals surface area contributed by atoms with Crippen LogP contribution in [0, 0.1) is 5.92 Å². The third kappa shape index (κ3) is 4.20. The lowest BCUT2D eigenvalue weighted by Crippen LogP contribution is -2.27. The Morgan fingerprint density at radius 3 is 2.32 bits per heavy atom. The number of rotatable bonds is 5. The highest BCUT2D eigenvalue weighted by Crippen LogP contribution is 2.24. The lowest BCUT2D eigenvalue weighted by atomic mass is 10.1. The second-order valence-corrected chi connectivity index (χ2v) is 8.20. The molecular weight excluding hydrogens is 322 g/mol. The van der Waals surface area contributed by atoms with Crippen molar-refractivity contribution in [2.24, 2.45) is 11.7 Å². The van der Waals surface area contributed by atoms with Gasteiger partial charge in [0.15, 0.2) is 0 Å². The largest absolute Gasteiger partial charge is 0.330 e. The Balaban J connectivity index is 0.00000242. The first kappa shape index (κ1) is 19.4. The van der Waals surface area contributed by atoms with Gasteiger partial charge < -0.3 is 5.73 Å². The molecule has 7 heteroatoms. The van der Waals surface area contributed by atoms with Crippen molar-refractivity contribution in [1.29, 1.82) is 0 Å². The molecule has 0 spiro atoms. The Hall–Kier alpha value is -0.660. The zero-order chi connectivity index (χ0) is 15.6. The molecule has 0 amide bonds. The molecule has 2 rings (SSSR count). The lowest BCUT2D eigenvalue weighted by molar-refractivity contribution is 0.256. The summed E-state index contributed by atoms with van der Waals surface area (Å²) in [4.78, 5) is 2.75. The second kappa shape index (κ2) is 7.75. The SMILES string of the molecule is CC1CC(CN)CN1Cc1ccc(S(=O)(=O)N(C)C)cc1.Cl. The maximum atomic E-state index is 12.0. The highest BCUT2D eigenvalue weighted by Gasteiger charge is 2.27. The lowest BCUT2D eigenvalue weighted by Gasteiger charge is -2.21. The van der Waals surface area contributed by atoms with Crippen LogP contribution in [0.15, 0.2) is 29.2 Å². The number of hydrogen-bond acceptors (Lipinski definition) is 4. The molecule has 1 aliphatic rings. The average Bonchev–Trinajstić information content (AvgIpc) is 2.80. The fourth-order valence-electron chi connectivity index (χ4n) is 2.82. The fraction of sp³-hybridized carbons (Fsp3) is 0.600. The van der Waals surface area contributed by atoms with Gasteiger partial charge in [0, 0.05) is 33.2 Å². The maximum Gasteiger partial charge on any atom is 0.242 e. The molecule has 2 atom stereocenters. The van der Waals surface area contributed by atoms with Gasteiger partial charge in [-0.05, 0) is 43.5 Å². The van der Waals surface area contributed by atoms with Crippen molar-refractivity contribution in [3.63, 3.8) is 0 Å². The van der Waals surface area contributed by atoms with Gasteiger partial charge in [-0.3, -0.25) is 4.90 Å². The van der Waals surface area contributed by atoms with Crippen LogP contribution >= 0.6 is 12.4 Å². The van der Waals surface area contributed by atoms with Crippen LogP contribution in [0.2, 0.25) is 0 Å². The molecule has 2 unspecified atom stereocenters. The molecule has 5 nitrogen and oxygen atoms in total. The van der Waals surface area contributed by atoms with Crippen LogP contribution in [-0.2, 0) is 16.6 Å². The van der Waals surface area contributed by atoms with Crippen LogP contribution in [-0.4, -0.2) is 50.8 Å². The van der Waals surface area contributed by atoms with Crippen molar-refractivity contribution < 1.29 is 8.42 Å². The molecule has 0 radical (unpaired) electrons. The van der Waals surface area contributed by atoms with Crippen LogP contribution < -0.4 is 5.73 Å². The fourth-order valence-corrected chi connectivity index (χ4v) is 3.72. The molecule has 1 heterocycles. The Morgan fingerprint density at radius 2 is 1.86 bits per heavy atom. The van der Waals surface area contributed by atoms with Gasteiger partial charge >= 0.3 is 0 Å². The quantitative estimate of drug-likeness (QED) is 0.877. The number of benzene rings is 1. The van der Waals surface area contributed by atoms with Gasteiger partial charge in [0.25, 0.3) is 0 Å². The summed E-state index contributed by atoms with van der Waals surface area (Å²) >= 11 is 0. The van der Waals surface area contributed by atoms with Crippen LogP contribution in [0.5, 0.6) is 0 Å². The molecule has 1 aromatic carbocycles. The zero-order valence-corrected chi connectivity index (χ0v) is 15.0. The Bertz CT molecular complexity index is 575. The summed E-state index contributed by atoms with van der Waals surface area (Å²) in [7, 11) is -0.254. The first-order chi connectivity index (χ1) is 9.84. The normalized spacial score (nSPS) is 22.8. The van der Waals surface area contributed by atoms with Crippen LogP contribution in [0.4, 0.5) is 0 Å². The minimum absolute atomic E-state index is 0. The number of sulfonamides is 1. The van der Waals surface area contributed by atoms with Gasteiger partial charge in [0.2, 0.25) is 10.0 Å². The predicted molar refractivity (Wildman–Crippen MR) is 91.6 cm³/mol. The minimum atomic E-state index is -3.34. The molecule has 1 aliphatic heterocycles. The van der Waals surface area contributed by atoms with Gasteiger partial charge in [-0.1, -0.05) is 12.1 Å². The van der Waals surface area contributed by atoms with Crippen LogP contribution in [0.3, 0.4) is 0 Å². The highest BCUT2D eigenvalue weighted by molar-refractivity contribution is 7.89. The van der Waals surface area contributed by atoms with Gasteiger partial charge in [-0.15, -0.1) is 12.4 Å². The predicted octanol–water partition coefficient (Wildman–Crippen LogP) is 1.53. The van der Waals surface area contributed by atoms with Crippen molar-refractivity contribution in [2.45, 2.75) is 30.8 Å². The first-order valence-corrected chi connectivity index (χ1v) is 8.74. The van der Waals surface area contributed by atoms with Crippen LogP contribution in [0.1, 0.15) is 18.9 Å². The number of likely N-dealkylation sites (tertiary alicyclic amines) is 1. The van der Waals surface area contributed by atoms with E-state index in [-0.39, 0.29) is 12.4 Å². The summed E-state index contributed by atoms with van der Waals surface area (Å²) in [5, 5.41) is 0. The third-order valence-electron chi connectivity index (χ3n) is 4.21. The van der Waals surface area contributed by atoms with Crippen LogP contribution in [0.25, 0.3) is 0 Å². The van der Waals surface area contributed by atoms with Crippen molar-refractivity contribution in [3.05, 3.63) is 29.8 Å². The van der Waals surface area contributed by atoms with Crippen molar-refractivity contribution in [1.82, 2.24) is 9.21 Å².